The molecule has 0 saturated heterocycles. The lowest BCUT2D eigenvalue weighted by Crippen LogP contribution is -2.18. The van der Waals surface area contributed by atoms with Gasteiger partial charge in [0.05, 0.1) is 4.90 Å². The second kappa shape index (κ2) is 10.1. The molecule has 0 atom stereocenters. The van der Waals surface area contributed by atoms with Gasteiger partial charge in [0.1, 0.15) is 13.2 Å². The van der Waals surface area contributed by atoms with Gasteiger partial charge in [-0.1, -0.05) is 18.2 Å². The number of ether oxygens (including phenoxy) is 2. The van der Waals surface area contributed by atoms with E-state index in [1.807, 2.05) is 38.4 Å². The van der Waals surface area contributed by atoms with E-state index < -0.39 is 10.0 Å². The fraction of sp³-hybridized carbons (Fsp3) is 0.240. The van der Waals surface area contributed by atoms with Gasteiger partial charge in [-0.25, -0.2) is 8.42 Å². The van der Waals surface area contributed by atoms with Crippen LogP contribution in [0.5, 0.6) is 11.5 Å². The molecule has 1 aliphatic rings. The third-order valence-corrected chi connectivity index (χ3v) is 6.64. The molecular weight excluding hydrogens is 454 g/mol. The lowest BCUT2D eigenvalue weighted by atomic mass is 10.1. The summed E-state index contributed by atoms with van der Waals surface area (Å²) < 4.78 is 39.2. The Morgan fingerprint density at radius 2 is 1.65 bits per heavy atom. The van der Waals surface area contributed by atoms with Crippen LogP contribution in [0.4, 0.5) is 11.4 Å². The lowest BCUT2D eigenvalue weighted by molar-refractivity contribution is 0.102. The minimum Gasteiger partial charge on any atom is -0.486 e. The Kier molecular flexibility index (Phi) is 7.04. The van der Waals surface area contributed by atoms with Crippen LogP contribution in [0.3, 0.4) is 0 Å². The predicted molar refractivity (Wildman–Crippen MR) is 131 cm³/mol. The topological polar surface area (TPSA) is 97.0 Å². The van der Waals surface area contributed by atoms with Crippen molar-refractivity contribution in [2.45, 2.75) is 11.3 Å². The van der Waals surface area contributed by atoms with E-state index in [-0.39, 0.29) is 16.5 Å². The summed E-state index contributed by atoms with van der Waals surface area (Å²) in [5.41, 5.74) is 2.46. The number of nitrogens with one attached hydrogen (secondary N) is 2. The van der Waals surface area contributed by atoms with Gasteiger partial charge in [-0.05, 0) is 68.5 Å². The van der Waals surface area contributed by atoms with Crippen molar-refractivity contribution in [1.82, 2.24) is 4.90 Å². The van der Waals surface area contributed by atoms with Crippen molar-refractivity contribution < 1.29 is 22.7 Å². The zero-order chi connectivity index (χ0) is 24.1. The van der Waals surface area contributed by atoms with Crippen LogP contribution in [-0.4, -0.2) is 53.1 Å². The molecule has 0 saturated carbocycles. The summed E-state index contributed by atoms with van der Waals surface area (Å²) >= 11 is 0. The van der Waals surface area contributed by atoms with Gasteiger partial charge in [0, 0.05) is 29.5 Å². The Balaban J connectivity index is 1.43. The number of sulfonamides is 1. The van der Waals surface area contributed by atoms with Gasteiger partial charge in [0.15, 0.2) is 11.5 Å². The smallest absolute Gasteiger partial charge is 0.262 e. The molecular formula is C25H27N3O5S. The first kappa shape index (κ1) is 23.6. The fourth-order valence-corrected chi connectivity index (χ4v) is 4.50. The van der Waals surface area contributed by atoms with E-state index in [0.717, 1.165) is 13.0 Å². The maximum atomic E-state index is 12.9. The van der Waals surface area contributed by atoms with Gasteiger partial charge in [-0.3, -0.25) is 9.52 Å². The third kappa shape index (κ3) is 5.86. The van der Waals surface area contributed by atoms with E-state index >= 15 is 0 Å². The predicted octanol–water partition coefficient (Wildman–Crippen LogP) is 3.62. The largest absolute Gasteiger partial charge is 0.486 e. The van der Waals surface area contributed by atoms with Crippen LogP contribution in [0.2, 0.25) is 0 Å². The first-order valence-corrected chi connectivity index (χ1v) is 12.4. The van der Waals surface area contributed by atoms with Crippen molar-refractivity contribution >= 4 is 27.3 Å². The van der Waals surface area contributed by atoms with Crippen LogP contribution in [0.1, 0.15) is 15.9 Å². The molecule has 0 spiro atoms. The molecule has 1 aliphatic heterocycles. The summed E-state index contributed by atoms with van der Waals surface area (Å²) in [7, 11) is 0.168. The third-order valence-electron chi connectivity index (χ3n) is 5.26. The molecule has 1 amide bonds. The molecule has 4 rings (SSSR count). The fourth-order valence-electron chi connectivity index (χ4n) is 3.44. The average molecular weight is 482 g/mol. The molecule has 3 aromatic carbocycles. The summed E-state index contributed by atoms with van der Waals surface area (Å²) in [5.74, 6) is 0.561. The number of anilines is 2. The monoisotopic (exact) mass is 481 g/mol. The molecule has 0 fully saturated rings. The van der Waals surface area contributed by atoms with Gasteiger partial charge in [0.2, 0.25) is 0 Å². The maximum Gasteiger partial charge on any atom is 0.262 e. The summed E-state index contributed by atoms with van der Waals surface area (Å²) in [4.78, 5) is 14.9. The number of nitrogens with zero attached hydrogens (tertiary/aromatic N) is 1. The standard InChI is InChI=1S/C25H27N3O5S/c1-28(2)13-12-18-6-8-20(9-7-18)26-25(29)19-4-3-5-21(16-19)27-34(30,31)22-10-11-23-24(17-22)33-15-14-32-23/h3-11,16-17,27H,12-15H2,1-2H3,(H,26,29). The summed E-state index contributed by atoms with van der Waals surface area (Å²) in [6.45, 7) is 1.73. The highest BCUT2D eigenvalue weighted by Crippen LogP contribution is 2.32. The van der Waals surface area contributed by atoms with Crippen LogP contribution in [0, 0.1) is 0 Å². The number of carbonyl (C=O) groups excluding carboxylic acids is 1. The highest BCUT2D eigenvalue weighted by molar-refractivity contribution is 7.92. The molecule has 0 aromatic heterocycles. The van der Waals surface area contributed by atoms with Crippen molar-refractivity contribution in [3.8, 4) is 11.5 Å². The number of benzene rings is 3. The molecule has 1 heterocycles. The van der Waals surface area contributed by atoms with Gasteiger partial charge in [0.25, 0.3) is 15.9 Å². The molecule has 178 valence electrons. The average Bonchev–Trinajstić information content (AvgIpc) is 2.83. The van der Waals surface area contributed by atoms with Gasteiger partial charge >= 0.3 is 0 Å². The molecule has 0 aliphatic carbocycles. The Labute approximate surface area is 199 Å². The van der Waals surface area contributed by atoms with Gasteiger partial charge in [-0.15, -0.1) is 0 Å². The zero-order valence-corrected chi connectivity index (χ0v) is 19.9. The Morgan fingerprint density at radius 3 is 2.38 bits per heavy atom. The van der Waals surface area contributed by atoms with Crippen LogP contribution in [-0.2, 0) is 16.4 Å². The molecule has 3 aromatic rings. The molecule has 0 radical (unpaired) electrons. The van der Waals surface area contributed by atoms with E-state index in [9.17, 15) is 13.2 Å². The molecule has 0 bridgehead atoms. The Morgan fingerprint density at radius 1 is 0.912 bits per heavy atom. The number of hydrogen-bond donors (Lipinski definition) is 2. The second-order valence-electron chi connectivity index (χ2n) is 8.20. The van der Waals surface area contributed by atoms with Gasteiger partial charge in [-0.2, -0.15) is 0 Å². The van der Waals surface area contributed by atoms with Crippen LogP contribution in [0.15, 0.2) is 71.6 Å². The number of hydrogen-bond acceptors (Lipinski definition) is 6. The number of amides is 1. The molecule has 34 heavy (non-hydrogen) atoms. The molecule has 8 nitrogen and oxygen atoms in total. The summed E-state index contributed by atoms with van der Waals surface area (Å²) in [6.07, 6.45) is 0.923. The first-order valence-electron chi connectivity index (χ1n) is 10.9. The van der Waals surface area contributed by atoms with E-state index in [0.29, 0.717) is 36.0 Å². The maximum absolute atomic E-state index is 12.9. The van der Waals surface area contributed by atoms with Crippen molar-refractivity contribution in [1.29, 1.82) is 0 Å². The van der Waals surface area contributed by atoms with Crippen molar-refractivity contribution in [3.05, 3.63) is 77.9 Å². The SMILES string of the molecule is CN(C)CCc1ccc(NC(=O)c2cccc(NS(=O)(=O)c3ccc4c(c3)OCCO4)c2)cc1. The van der Waals surface area contributed by atoms with Crippen LogP contribution in [0.25, 0.3) is 0 Å². The molecule has 2 N–H and O–H groups in total. The van der Waals surface area contributed by atoms with Crippen molar-refractivity contribution in [3.63, 3.8) is 0 Å². The minimum absolute atomic E-state index is 0.0426. The highest BCUT2D eigenvalue weighted by atomic mass is 32.2. The summed E-state index contributed by atoms with van der Waals surface area (Å²) in [5, 5.41) is 2.85. The normalized spacial score (nSPS) is 12.9. The first-order chi connectivity index (χ1) is 16.3. The highest BCUT2D eigenvalue weighted by Gasteiger charge is 2.20. The number of rotatable bonds is 8. The quantitative estimate of drug-likeness (QED) is 0.510. The minimum atomic E-state index is -3.89. The molecule has 9 heteroatoms. The van der Waals surface area contributed by atoms with Crippen molar-refractivity contribution in [2.24, 2.45) is 0 Å². The Hall–Kier alpha value is -3.56. The number of likely N-dealkylation sites (N-methyl/N-ethyl adjacent to an activating group) is 1. The Bertz CT molecular complexity index is 1270. The van der Waals surface area contributed by atoms with E-state index in [2.05, 4.69) is 14.9 Å². The van der Waals surface area contributed by atoms with E-state index in [4.69, 9.17) is 9.47 Å². The van der Waals surface area contributed by atoms with E-state index in [1.54, 1.807) is 24.3 Å². The number of carbonyl (C=O) groups is 1. The van der Waals surface area contributed by atoms with Gasteiger partial charge < -0.3 is 19.7 Å². The zero-order valence-electron chi connectivity index (χ0n) is 19.1. The second-order valence-corrected chi connectivity index (χ2v) is 9.88. The number of fused-ring (bicyclic) bond motifs is 1. The summed E-state index contributed by atoms with van der Waals surface area (Å²) in [6, 6.07) is 18.5. The van der Waals surface area contributed by atoms with E-state index in [1.165, 1.54) is 23.8 Å². The lowest BCUT2D eigenvalue weighted by Gasteiger charge is -2.19. The molecule has 0 unspecified atom stereocenters. The van der Waals surface area contributed by atoms with Crippen LogP contribution >= 0.6 is 0 Å². The van der Waals surface area contributed by atoms with Crippen molar-refractivity contribution in [2.75, 3.05) is 43.9 Å². The van der Waals surface area contributed by atoms with Crippen LogP contribution < -0.4 is 19.5 Å².